The van der Waals surface area contributed by atoms with E-state index >= 15 is 0 Å². The second-order valence-electron chi connectivity index (χ2n) is 4.60. The van der Waals surface area contributed by atoms with Crippen molar-refractivity contribution in [3.8, 4) is 5.75 Å². The Morgan fingerprint density at radius 1 is 1.10 bits per heavy atom. The van der Waals surface area contributed by atoms with Crippen LogP contribution in [0.4, 0.5) is 11.5 Å². The van der Waals surface area contributed by atoms with E-state index in [1.165, 1.54) is 12.3 Å². The summed E-state index contributed by atoms with van der Waals surface area (Å²) in [5.41, 5.74) is 1.79. The molecule has 0 bridgehead atoms. The zero-order chi connectivity index (χ0) is 15.4. The predicted octanol–water partition coefficient (Wildman–Crippen LogP) is 1.98. The normalized spacial score (nSPS) is 10.0. The van der Waals surface area contributed by atoms with Crippen molar-refractivity contribution in [3.05, 3.63) is 47.7 Å². The third kappa shape index (κ3) is 3.56. The van der Waals surface area contributed by atoms with Gasteiger partial charge in [0.2, 0.25) is 0 Å². The molecule has 1 aromatic heterocycles. The van der Waals surface area contributed by atoms with Gasteiger partial charge in [0, 0.05) is 6.20 Å². The fourth-order valence-corrected chi connectivity index (χ4v) is 1.71. The van der Waals surface area contributed by atoms with Gasteiger partial charge in [-0.25, -0.2) is 4.98 Å². The average Bonchev–Trinajstić information content (AvgIpc) is 2.45. The molecule has 0 aliphatic carbocycles. The van der Waals surface area contributed by atoms with Gasteiger partial charge in [0.05, 0.1) is 5.69 Å². The monoisotopic (exact) mass is 285 g/mol. The molecule has 1 heterocycles. The van der Waals surface area contributed by atoms with Crippen molar-refractivity contribution in [3.63, 3.8) is 0 Å². The maximum absolute atomic E-state index is 11.8. The highest BCUT2D eigenvalue weighted by Crippen LogP contribution is 2.23. The molecule has 0 atom stereocenters. The van der Waals surface area contributed by atoms with Crippen LogP contribution in [0.15, 0.2) is 36.5 Å². The molecule has 2 amide bonds. The smallest absolute Gasteiger partial charge is 0.315 e. The lowest BCUT2D eigenvalue weighted by molar-refractivity contribution is -0.133. The molecular formula is C15H15N3O3. The van der Waals surface area contributed by atoms with E-state index < -0.39 is 11.8 Å². The number of aryl methyl sites for hydroxylation is 2. The Morgan fingerprint density at radius 3 is 2.52 bits per heavy atom. The number of hydrogen-bond donors (Lipinski definition) is 3. The van der Waals surface area contributed by atoms with Gasteiger partial charge in [-0.3, -0.25) is 9.59 Å². The molecule has 0 saturated heterocycles. The topological polar surface area (TPSA) is 91.3 Å². The van der Waals surface area contributed by atoms with Crippen molar-refractivity contribution in [2.45, 2.75) is 13.8 Å². The first-order valence-corrected chi connectivity index (χ1v) is 6.31. The van der Waals surface area contributed by atoms with E-state index in [9.17, 15) is 14.7 Å². The van der Waals surface area contributed by atoms with Crippen LogP contribution in [0.3, 0.4) is 0 Å². The molecule has 2 aromatic rings. The highest BCUT2D eigenvalue weighted by molar-refractivity contribution is 6.43. The molecule has 6 nitrogen and oxygen atoms in total. The second kappa shape index (κ2) is 6.04. The Morgan fingerprint density at radius 2 is 1.81 bits per heavy atom. The molecule has 0 aliphatic heterocycles. The lowest BCUT2D eigenvalue weighted by Crippen LogP contribution is -2.29. The number of rotatable bonds is 2. The number of pyridine rings is 1. The summed E-state index contributed by atoms with van der Waals surface area (Å²) in [6, 6.07) is 8.23. The van der Waals surface area contributed by atoms with Gasteiger partial charge in [-0.2, -0.15) is 0 Å². The van der Waals surface area contributed by atoms with Crippen LogP contribution in [-0.4, -0.2) is 21.9 Å². The SMILES string of the molecule is Cc1ccc(O)c(NC(=O)C(=O)Nc2ncccc2C)c1. The van der Waals surface area contributed by atoms with Gasteiger partial charge in [-0.05, 0) is 43.2 Å². The number of aromatic hydroxyl groups is 1. The van der Waals surface area contributed by atoms with E-state index in [1.807, 2.05) is 6.92 Å². The minimum Gasteiger partial charge on any atom is -0.506 e. The Balaban J connectivity index is 2.08. The summed E-state index contributed by atoms with van der Waals surface area (Å²) in [7, 11) is 0. The first kappa shape index (κ1) is 14.5. The van der Waals surface area contributed by atoms with Crippen molar-refractivity contribution in [2.24, 2.45) is 0 Å². The number of phenols is 1. The van der Waals surface area contributed by atoms with Crippen molar-refractivity contribution in [2.75, 3.05) is 10.6 Å². The first-order chi connectivity index (χ1) is 9.97. The molecule has 3 N–H and O–H groups in total. The molecular weight excluding hydrogens is 270 g/mol. The molecule has 2 rings (SSSR count). The summed E-state index contributed by atoms with van der Waals surface area (Å²) < 4.78 is 0. The zero-order valence-corrected chi connectivity index (χ0v) is 11.7. The number of carbonyl (C=O) groups is 2. The van der Waals surface area contributed by atoms with Gasteiger partial charge in [-0.15, -0.1) is 0 Å². The summed E-state index contributed by atoms with van der Waals surface area (Å²) in [5.74, 6) is -1.50. The van der Waals surface area contributed by atoms with Crippen LogP contribution in [0, 0.1) is 13.8 Å². The standard InChI is InChI=1S/C15H15N3O3/c1-9-5-6-12(19)11(8-9)17-14(20)15(21)18-13-10(2)4-3-7-16-13/h3-8,19H,1-2H3,(H,17,20)(H,16,18,21). The molecule has 0 fully saturated rings. The second-order valence-corrected chi connectivity index (χ2v) is 4.60. The number of aromatic nitrogens is 1. The molecule has 0 saturated carbocycles. The Labute approximate surface area is 121 Å². The van der Waals surface area contributed by atoms with Gasteiger partial charge < -0.3 is 15.7 Å². The van der Waals surface area contributed by atoms with Crippen molar-refractivity contribution >= 4 is 23.3 Å². The molecule has 0 unspecified atom stereocenters. The molecule has 0 radical (unpaired) electrons. The lowest BCUT2D eigenvalue weighted by atomic mass is 10.2. The van der Waals surface area contributed by atoms with Crippen molar-refractivity contribution in [1.82, 2.24) is 4.98 Å². The van der Waals surface area contributed by atoms with E-state index in [0.717, 1.165) is 11.1 Å². The number of anilines is 2. The fourth-order valence-electron chi connectivity index (χ4n) is 1.71. The zero-order valence-electron chi connectivity index (χ0n) is 11.7. The van der Waals surface area contributed by atoms with E-state index in [0.29, 0.717) is 5.82 Å². The molecule has 0 aliphatic rings. The third-order valence-electron chi connectivity index (χ3n) is 2.85. The largest absolute Gasteiger partial charge is 0.506 e. The fraction of sp³-hybridized carbons (Fsp3) is 0.133. The van der Waals surface area contributed by atoms with E-state index in [2.05, 4.69) is 15.6 Å². The van der Waals surface area contributed by atoms with Gasteiger partial charge >= 0.3 is 11.8 Å². The number of carbonyl (C=O) groups excluding carboxylic acids is 2. The molecule has 108 valence electrons. The molecule has 21 heavy (non-hydrogen) atoms. The van der Waals surface area contributed by atoms with Crippen LogP contribution in [0.25, 0.3) is 0 Å². The summed E-state index contributed by atoms with van der Waals surface area (Å²) in [6.45, 7) is 3.58. The van der Waals surface area contributed by atoms with Crippen LogP contribution in [0.1, 0.15) is 11.1 Å². The number of amides is 2. The quantitative estimate of drug-likeness (QED) is 0.581. The summed E-state index contributed by atoms with van der Waals surface area (Å²) in [5, 5.41) is 14.4. The molecule has 6 heteroatoms. The number of benzene rings is 1. The highest BCUT2D eigenvalue weighted by Gasteiger charge is 2.16. The average molecular weight is 285 g/mol. The van der Waals surface area contributed by atoms with Crippen molar-refractivity contribution in [1.29, 1.82) is 0 Å². The maximum Gasteiger partial charge on any atom is 0.315 e. The molecule has 0 spiro atoms. The Hall–Kier alpha value is -2.89. The maximum atomic E-state index is 11.8. The van der Waals surface area contributed by atoms with Crippen molar-refractivity contribution < 1.29 is 14.7 Å². The van der Waals surface area contributed by atoms with Crippen LogP contribution >= 0.6 is 0 Å². The summed E-state index contributed by atoms with van der Waals surface area (Å²) in [6.07, 6.45) is 1.52. The number of hydrogen-bond acceptors (Lipinski definition) is 4. The summed E-state index contributed by atoms with van der Waals surface area (Å²) in [4.78, 5) is 27.6. The minimum atomic E-state index is -0.874. The van der Waals surface area contributed by atoms with Crippen LogP contribution in [-0.2, 0) is 9.59 Å². The van der Waals surface area contributed by atoms with E-state index in [1.54, 1.807) is 31.2 Å². The van der Waals surface area contributed by atoms with E-state index in [4.69, 9.17) is 0 Å². The minimum absolute atomic E-state index is 0.101. The number of nitrogens with one attached hydrogen (secondary N) is 2. The van der Waals surface area contributed by atoms with Gasteiger partial charge in [0.25, 0.3) is 0 Å². The Kier molecular flexibility index (Phi) is 4.18. The van der Waals surface area contributed by atoms with Crippen LogP contribution in [0.5, 0.6) is 5.75 Å². The van der Waals surface area contributed by atoms with Gasteiger partial charge in [0.1, 0.15) is 11.6 Å². The van der Waals surface area contributed by atoms with Gasteiger partial charge in [-0.1, -0.05) is 12.1 Å². The predicted molar refractivity (Wildman–Crippen MR) is 79.1 cm³/mol. The Bertz CT molecular complexity index is 698. The lowest BCUT2D eigenvalue weighted by Gasteiger charge is -2.09. The number of phenolic OH excluding ortho intramolecular Hbond substituents is 1. The summed E-state index contributed by atoms with van der Waals surface area (Å²) >= 11 is 0. The highest BCUT2D eigenvalue weighted by atomic mass is 16.3. The van der Waals surface area contributed by atoms with Crippen LogP contribution < -0.4 is 10.6 Å². The third-order valence-corrected chi connectivity index (χ3v) is 2.85. The van der Waals surface area contributed by atoms with E-state index in [-0.39, 0.29) is 11.4 Å². The van der Waals surface area contributed by atoms with Gasteiger partial charge in [0.15, 0.2) is 0 Å². The molecule has 1 aromatic carbocycles. The first-order valence-electron chi connectivity index (χ1n) is 6.31. The number of nitrogens with zero attached hydrogens (tertiary/aromatic N) is 1. The van der Waals surface area contributed by atoms with Crippen LogP contribution in [0.2, 0.25) is 0 Å².